The van der Waals surface area contributed by atoms with Crippen LogP contribution in [-0.2, 0) is 4.74 Å². The van der Waals surface area contributed by atoms with E-state index in [9.17, 15) is 4.39 Å². The van der Waals surface area contributed by atoms with Gasteiger partial charge >= 0.3 is 6.01 Å². The first kappa shape index (κ1) is 19.2. The van der Waals surface area contributed by atoms with E-state index >= 15 is 0 Å². The largest absolute Gasteiger partial charge is 0.461 e. The molecule has 4 aromatic rings. The Balaban J connectivity index is 1.52. The number of fused-ring (bicyclic) bond motifs is 1. The smallest absolute Gasteiger partial charge is 0.319 e. The van der Waals surface area contributed by atoms with Gasteiger partial charge in [-0.25, -0.2) is 13.9 Å². The van der Waals surface area contributed by atoms with Crippen LogP contribution in [0.2, 0.25) is 0 Å². The fourth-order valence-electron chi connectivity index (χ4n) is 3.23. The molecule has 1 saturated heterocycles. The topological polar surface area (TPSA) is 116 Å². The maximum Gasteiger partial charge on any atom is 0.319 e. The molecule has 1 fully saturated rings. The summed E-state index contributed by atoms with van der Waals surface area (Å²) >= 11 is 0. The number of nitrogen functional groups attached to an aromatic ring is 1. The molecule has 1 aliphatic rings. The fraction of sp³-hybridized carbons (Fsp3) is 0.238. The number of nitrogens with two attached hydrogens (primary N) is 1. The van der Waals surface area contributed by atoms with Crippen molar-refractivity contribution >= 4 is 17.3 Å². The SMILES string of the molecule is C[C@H](Nc1cc(-c2c(N)nn3cccnc23)nc(OC[C@@H]2CO2)n1)c1ccc(F)cc1. The van der Waals surface area contributed by atoms with E-state index in [1.54, 1.807) is 41.2 Å². The van der Waals surface area contributed by atoms with Crippen molar-refractivity contribution in [3.05, 3.63) is 60.2 Å². The number of anilines is 2. The highest BCUT2D eigenvalue weighted by Crippen LogP contribution is 2.31. The number of hydrogen-bond donors (Lipinski definition) is 2. The lowest BCUT2D eigenvalue weighted by atomic mass is 10.1. The number of benzene rings is 1. The molecule has 4 heterocycles. The highest BCUT2D eigenvalue weighted by atomic mass is 19.1. The Hall–Kier alpha value is -3.79. The van der Waals surface area contributed by atoms with Gasteiger partial charge in [0.2, 0.25) is 0 Å². The maximum atomic E-state index is 13.3. The van der Waals surface area contributed by atoms with E-state index in [1.807, 2.05) is 6.92 Å². The maximum absolute atomic E-state index is 13.3. The minimum atomic E-state index is -0.283. The van der Waals surface area contributed by atoms with Gasteiger partial charge in [-0.2, -0.15) is 9.97 Å². The van der Waals surface area contributed by atoms with Crippen LogP contribution in [0.4, 0.5) is 16.0 Å². The van der Waals surface area contributed by atoms with Gasteiger partial charge in [0, 0.05) is 24.5 Å². The Bertz CT molecular complexity index is 1220. The summed E-state index contributed by atoms with van der Waals surface area (Å²) in [5.41, 5.74) is 8.78. The summed E-state index contributed by atoms with van der Waals surface area (Å²) in [6.07, 6.45) is 3.49. The standard InChI is InChI=1S/C21H20FN7O2/c1-12(13-3-5-14(22)6-4-13)25-17-9-16(26-21(27-17)31-11-15-10-30-15)18-19(23)28-29-8-2-7-24-20(18)29/h2-9,12,15H,10-11H2,1H3,(H2,23,28)(H,25,26,27)/t12-,15-/m0/s1. The number of nitrogens with zero attached hydrogens (tertiary/aromatic N) is 5. The van der Waals surface area contributed by atoms with Gasteiger partial charge in [0.1, 0.15) is 24.3 Å². The number of epoxide rings is 1. The average Bonchev–Trinajstić information content (AvgIpc) is 3.53. The number of halogens is 1. The van der Waals surface area contributed by atoms with Crippen molar-refractivity contribution in [3.8, 4) is 17.3 Å². The van der Waals surface area contributed by atoms with Gasteiger partial charge in [0.05, 0.1) is 17.9 Å². The third kappa shape index (κ3) is 4.10. The number of ether oxygens (including phenoxy) is 2. The zero-order valence-corrected chi connectivity index (χ0v) is 16.7. The highest BCUT2D eigenvalue weighted by molar-refractivity contribution is 5.85. The summed E-state index contributed by atoms with van der Waals surface area (Å²) in [6.45, 7) is 2.98. The van der Waals surface area contributed by atoms with Gasteiger partial charge in [-0.15, -0.1) is 5.10 Å². The minimum Gasteiger partial charge on any atom is -0.461 e. The lowest BCUT2D eigenvalue weighted by Gasteiger charge is -2.16. The second-order valence-electron chi connectivity index (χ2n) is 7.25. The molecular weight excluding hydrogens is 401 g/mol. The number of rotatable bonds is 7. The molecule has 0 unspecified atom stereocenters. The number of nitrogens with one attached hydrogen (secondary N) is 1. The lowest BCUT2D eigenvalue weighted by Crippen LogP contribution is -2.11. The van der Waals surface area contributed by atoms with Gasteiger partial charge in [-0.1, -0.05) is 12.1 Å². The number of aromatic nitrogens is 5. The van der Waals surface area contributed by atoms with E-state index in [0.29, 0.717) is 41.8 Å². The fourth-order valence-corrected chi connectivity index (χ4v) is 3.23. The first-order valence-electron chi connectivity index (χ1n) is 9.81. The summed E-state index contributed by atoms with van der Waals surface area (Å²) in [6, 6.07) is 9.89. The third-order valence-corrected chi connectivity index (χ3v) is 4.92. The number of hydrogen-bond acceptors (Lipinski definition) is 8. The molecule has 3 aromatic heterocycles. The molecule has 5 rings (SSSR count). The van der Waals surface area contributed by atoms with E-state index in [2.05, 4.69) is 25.4 Å². The average molecular weight is 421 g/mol. The van der Waals surface area contributed by atoms with Crippen LogP contribution in [0.3, 0.4) is 0 Å². The molecular formula is C21H20FN7O2. The molecule has 9 nitrogen and oxygen atoms in total. The molecule has 0 saturated carbocycles. The van der Waals surface area contributed by atoms with E-state index in [4.69, 9.17) is 15.2 Å². The van der Waals surface area contributed by atoms with Gasteiger partial charge in [0.25, 0.3) is 0 Å². The Kier molecular flexibility index (Phi) is 4.83. The summed E-state index contributed by atoms with van der Waals surface area (Å²) in [5, 5.41) is 7.62. The molecule has 158 valence electrons. The quantitative estimate of drug-likeness (QED) is 0.438. The van der Waals surface area contributed by atoms with Gasteiger partial charge in [-0.3, -0.25) is 0 Å². The summed E-state index contributed by atoms with van der Waals surface area (Å²) in [7, 11) is 0. The van der Waals surface area contributed by atoms with Crippen molar-refractivity contribution in [3.63, 3.8) is 0 Å². The Labute approximate surface area is 177 Å². The Morgan fingerprint density at radius 3 is 2.90 bits per heavy atom. The predicted molar refractivity (Wildman–Crippen MR) is 112 cm³/mol. The van der Waals surface area contributed by atoms with Crippen molar-refractivity contribution in [2.75, 3.05) is 24.3 Å². The van der Waals surface area contributed by atoms with Crippen molar-refractivity contribution in [2.24, 2.45) is 0 Å². The van der Waals surface area contributed by atoms with Crippen LogP contribution in [0.5, 0.6) is 6.01 Å². The normalized spacial score (nSPS) is 16.3. The monoisotopic (exact) mass is 421 g/mol. The van der Waals surface area contributed by atoms with Crippen LogP contribution < -0.4 is 15.8 Å². The van der Waals surface area contributed by atoms with Gasteiger partial charge < -0.3 is 20.5 Å². The molecule has 1 aromatic carbocycles. The molecule has 3 N–H and O–H groups in total. The summed E-state index contributed by atoms with van der Waals surface area (Å²) in [4.78, 5) is 13.4. The van der Waals surface area contributed by atoms with E-state index < -0.39 is 0 Å². The molecule has 0 amide bonds. The minimum absolute atomic E-state index is 0.0607. The highest BCUT2D eigenvalue weighted by Gasteiger charge is 2.24. The van der Waals surface area contributed by atoms with Crippen molar-refractivity contribution < 1.29 is 13.9 Å². The first-order chi connectivity index (χ1) is 15.1. The van der Waals surface area contributed by atoms with Gasteiger partial charge in [-0.05, 0) is 30.7 Å². The zero-order chi connectivity index (χ0) is 21.4. The zero-order valence-electron chi connectivity index (χ0n) is 16.7. The van der Waals surface area contributed by atoms with Crippen LogP contribution in [0.15, 0.2) is 48.8 Å². The summed E-state index contributed by atoms with van der Waals surface area (Å²) in [5.74, 6) is 0.545. The van der Waals surface area contributed by atoms with E-state index in [1.165, 1.54) is 12.1 Å². The van der Waals surface area contributed by atoms with E-state index in [0.717, 1.165) is 5.56 Å². The Morgan fingerprint density at radius 1 is 1.32 bits per heavy atom. The molecule has 0 aliphatic carbocycles. The third-order valence-electron chi connectivity index (χ3n) is 4.92. The lowest BCUT2D eigenvalue weighted by molar-refractivity contribution is 0.247. The molecule has 0 bridgehead atoms. The molecule has 0 spiro atoms. The van der Waals surface area contributed by atoms with Crippen molar-refractivity contribution in [1.29, 1.82) is 0 Å². The van der Waals surface area contributed by atoms with Crippen molar-refractivity contribution in [1.82, 2.24) is 24.6 Å². The molecule has 1 aliphatic heterocycles. The molecule has 2 atom stereocenters. The van der Waals surface area contributed by atoms with Gasteiger partial charge in [0.15, 0.2) is 11.5 Å². The second-order valence-corrected chi connectivity index (χ2v) is 7.25. The second kappa shape index (κ2) is 7.80. The van der Waals surface area contributed by atoms with Crippen molar-refractivity contribution in [2.45, 2.75) is 19.1 Å². The summed E-state index contributed by atoms with van der Waals surface area (Å²) < 4.78 is 25.8. The Morgan fingerprint density at radius 2 is 2.13 bits per heavy atom. The molecule has 31 heavy (non-hydrogen) atoms. The predicted octanol–water partition coefficient (Wildman–Crippen LogP) is 2.86. The molecule has 10 heteroatoms. The molecule has 0 radical (unpaired) electrons. The van der Waals surface area contributed by atoms with Crippen LogP contribution >= 0.6 is 0 Å². The van der Waals surface area contributed by atoms with Crippen LogP contribution in [0, 0.1) is 5.82 Å². The van der Waals surface area contributed by atoms with Crippen LogP contribution in [0.1, 0.15) is 18.5 Å². The van der Waals surface area contributed by atoms with Crippen LogP contribution in [-0.4, -0.2) is 43.9 Å². The van der Waals surface area contributed by atoms with Crippen LogP contribution in [0.25, 0.3) is 16.9 Å². The van der Waals surface area contributed by atoms with E-state index in [-0.39, 0.29) is 24.0 Å². The first-order valence-corrected chi connectivity index (χ1v) is 9.81.